The monoisotopic (exact) mass is 345 g/mol. The molecule has 1 aromatic carbocycles. The highest BCUT2D eigenvalue weighted by atomic mass is 32.1. The Morgan fingerprint density at radius 3 is 2.76 bits per heavy atom. The second-order valence-corrected chi connectivity index (χ2v) is 6.68. The van der Waals surface area contributed by atoms with Crippen molar-refractivity contribution in [2.45, 2.75) is 0 Å². The minimum absolute atomic E-state index is 0.0142. The molecule has 0 saturated heterocycles. The molecule has 0 unspecified atom stereocenters. The molecule has 120 valence electrons. The molecule has 1 aliphatic heterocycles. The number of rotatable bonds is 2. The number of aromatic nitrogens is 1. The third kappa shape index (κ3) is 2.22. The summed E-state index contributed by atoms with van der Waals surface area (Å²) in [6.45, 7) is 0.0987. The van der Waals surface area contributed by atoms with Crippen LogP contribution in [0, 0.1) is 0 Å². The minimum atomic E-state index is -0.0142. The number of carbonyl (C=O) groups excluding carboxylic acids is 1. The molecule has 3 aromatic heterocycles. The molecule has 0 bridgehead atoms. The average Bonchev–Trinajstić information content (AvgIpc) is 3.30. The smallest absolute Gasteiger partial charge is 0.198 e. The summed E-state index contributed by atoms with van der Waals surface area (Å²) in [5.41, 5.74) is 3.33. The van der Waals surface area contributed by atoms with E-state index in [1.54, 1.807) is 6.26 Å². The predicted molar refractivity (Wildman–Crippen MR) is 96.5 cm³/mol. The predicted octanol–water partition coefficient (Wildman–Crippen LogP) is 5.50. The van der Waals surface area contributed by atoms with E-state index >= 15 is 0 Å². The number of benzene rings is 1. The quantitative estimate of drug-likeness (QED) is 0.481. The fourth-order valence-corrected chi connectivity index (χ4v) is 4.06. The van der Waals surface area contributed by atoms with Gasteiger partial charge in [-0.3, -0.25) is 4.79 Å². The van der Waals surface area contributed by atoms with Gasteiger partial charge >= 0.3 is 0 Å². The summed E-state index contributed by atoms with van der Waals surface area (Å²) < 4.78 is 5.63. The van der Waals surface area contributed by atoms with Crippen molar-refractivity contribution in [2.75, 3.05) is 6.54 Å². The van der Waals surface area contributed by atoms with Crippen molar-refractivity contribution in [3.8, 4) is 22.6 Å². The van der Waals surface area contributed by atoms with E-state index in [0.717, 1.165) is 32.8 Å². The number of thiophene rings is 1. The number of fused-ring (bicyclic) bond motifs is 3. The van der Waals surface area contributed by atoms with Gasteiger partial charge in [0.05, 0.1) is 17.3 Å². The first kappa shape index (κ1) is 14.2. The van der Waals surface area contributed by atoms with E-state index < -0.39 is 0 Å². The Hall–Kier alpha value is -3.12. The summed E-state index contributed by atoms with van der Waals surface area (Å²) in [7, 11) is 0. The van der Waals surface area contributed by atoms with Gasteiger partial charge in [-0.2, -0.15) is 10.2 Å². The van der Waals surface area contributed by atoms with E-state index in [2.05, 4.69) is 10.2 Å². The minimum Gasteiger partial charge on any atom is -0.464 e. The maximum Gasteiger partial charge on any atom is 0.198 e. The van der Waals surface area contributed by atoms with Gasteiger partial charge in [-0.25, -0.2) is 4.98 Å². The van der Waals surface area contributed by atoms with Gasteiger partial charge in [0.2, 0.25) is 0 Å². The molecule has 1 aliphatic rings. The molecule has 4 aromatic rings. The molecule has 25 heavy (non-hydrogen) atoms. The second-order valence-electron chi connectivity index (χ2n) is 5.68. The van der Waals surface area contributed by atoms with Gasteiger partial charge < -0.3 is 4.42 Å². The molecule has 5 nitrogen and oxygen atoms in total. The van der Waals surface area contributed by atoms with Gasteiger partial charge in [0, 0.05) is 11.1 Å². The summed E-state index contributed by atoms with van der Waals surface area (Å²) in [5.74, 6) is 0.707. The first-order valence-corrected chi connectivity index (χ1v) is 8.60. The van der Waals surface area contributed by atoms with Crippen LogP contribution in [-0.2, 0) is 0 Å². The topological polar surface area (TPSA) is 67.8 Å². The molecule has 6 heteroatoms. The molecule has 0 saturated carbocycles. The van der Waals surface area contributed by atoms with Crippen molar-refractivity contribution >= 4 is 33.0 Å². The van der Waals surface area contributed by atoms with Crippen LogP contribution in [0.25, 0.3) is 32.8 Å². The number of pyridine rings is 1. The van der Waals surface area contributed by atoms with Crippen LogP contribution < -0.4 is 0 Å². The van der Waals surface area contributed by atoms with Crippen LogP contribution in [0.4, 0.5) is 5.69 Å². The third-order valence-corrected chi connectivity index (χ3v) is 5.25. The number of azo groups is 1. The Labute approximate surface area is 146 Å². The van der Waals surface area contributed by atoms with Gasteiger partial charge in [-0.05, 0) is 18.2 Å². The Morgan fingerprint density at radius 2 is 1.96 bits per heavy atom. The SMILES string of the molecule is O=C1CN=Nc2c1sc1nc(-c3ccccc3)cc(-c3ccco3)c21. The molecule has 0 spiro atoms. The number of hydrogen-bond acceptors (Lipinski definition) is 6. The molecule has 4 heterocycles. The van der Waals surface area contributed by atoms with Gasteiger partial charge in [0.25, 0.3) is 0 Å². The summed E-state index contributed by atoms with van der Waals surface area (Å²) in [5, 5.41) is 9.01. The fourth-order valence-electron chi connectivity index (χ4n) is 2.99. The Balaban J connectivity index is 1.87. The van der Waals surface area contributed by atoms with E-state index in [9.17, 15) is 4.79 Å². The maximum absolute atomic E-state index is 12.2. The number of ketones is 1. The number of nitrogens with zero attached hydrogens (tertiary/aromatic N) is 3. The molecule has 0 amide bonds. The Morgan fingerprint density at radius 1 is 1.08 bits per heavy atom. The molecule has 5 rings (SSSR count). The molecule has 0 fully saturated rings. The lowest BCUT2D eigenvalue weighted by Crippen LogP contribution is -2.03. The van der Waals surface area contributed by atoms with Crippen LogP contribution in [0.15, 0.2) is 69.4 Å². The van der Waals surface area contributed by atoms with Crippen LogP contribution in [-0.4, -0.2) is 17.3 Å². The van der Waals surface area contributed by atoms with Crippen molar-refractivity contribution in [2.24, 2.45) is 10.2 Å². The molecule has 0 N–H and O–H groups in total. The van der Waals surface area contributed by atoms with Crippen LogP contribution in [0.5, 0.6) is 0 Å². The highest BCUT2D eigenvalue weighted by Crippen LogP contribution is 2.45. The van der Waals surface area contributed by atoms with Gasteiger partial charge in [0.1, 0.15) is 27.7 Å². The number of Topliss-reactive ketones (excluding diaryl/α,β-unsaturated/α-hetero) is 1. The summed E-state index contributed by atoms with van der Waals surface area (Å²) in [6, 6.07) is 15.7. The Bertz CT molecular complexity index is 1130. The van der Waals surface area contributed by atoms with Crippen molar-refractivity contribution in [3.05, 3.63) is 59.7 Å². The zero-order valence-corrected chi connectivity index (χ0v) is 13.8. The Kier molecular flexibility index (Phi) is 3.11. The summed E-state index contributed by atoms with van der Waals surface area (Å²) in [4.78, 5) is 18.4. The molecular formula is C19H11N3O2S. The third-order valence-electron chi connectivity index (χ3n) is 4.13. The van der Waals surface area contributed by atoms with Crippen molar-refractivity contribution in [1.29, 1.82) is 0 Å². The summed E-state index contributed by atoms with van der Waals surface area (Å²) in [6.07, 6.45) is 1.63. The van der Waals surface area contributed by atoms with Crippen molar-refractivity contribution in [1.82, 2.24) is 4.98 Å². The highest BCUT2D eigenvalue weighted by molar-refractivity contribution is 7.21. The molecule has 0 aliphatic carbocycles. The van der Waals surface area contributed by atoms with Crippen LogP contribution >= 0.6 is 11.3 Å². The van der Waals surface area contributed by atoms with Crippen LogP contribution in [0.2, 0.25) is 0 Å². The van der Waals surface area contributed by atoms with Gasteiger partial charge in [0.15, 0.2) is 5.78 Å². The fraction of sp³-hybridized carbons (Fsp3) is 0.0526. The van der Waals surface area contributed by atoms with E-state index in [1.807, 2.05) is 48.5 Å². The normalized spacial score (nSPS) is 13.4. The van der Waals surface area contributed by atoms with E-state index in [4.69, 9.17) is 9.40 Å². The lowest BCUT2D eigenvalue weighted by atomic mass is 10.0. The maximum atomic E-state index is 12.2. The summed E-state index contributed by atoms with van der Waals surface area (Å²) >= 11 is 1.37. The standard InChI is InChI=1S/C19H11N3O2S/c23-14-10-20-22-17-16-12(15-7-4-8-24-15)9-13(11-5-2-1-3-6-11)21-19(16)25-18(14)17/h1-9H,10H2. The zero-order chi connectivity index (χ0) is 16.8. The first-order valence-electron chi connectivity index (χ1n) is 7.79. The van der Waals surface area contributed by atoms with E-state index in [1.165, 1.54) is 11.3 Å². The number of carbonyl (C=O) groups is 1. The number of furan rings is 1. The van der Waals surface area contributed by atoms with Gasteiger partial charge in [-0.15, -0.1) is 11.3 Å². The van der Waals surface area contributed by atoms with Crippen LogP contribution in [0.3, 0.4) is 0 Å². The number of hydrogen-bond donors (Lipinski definition) is 0. The van der Waals surface area contributed by atoms with Crippen molar-refractivity contribution < 1.29 is 9.21 Å². The van der Waals surface area contributed by atoms with E-state index in [-0.39, 0.29) is 12.3 Å². The largest absolute Gasteiger partial charge is 0.464 e. The van der Waals surface area contributed by atoms with E-state index in [0.29, 0.717) is 10.6 Å². The molecule has 0 atom stereocenters. The first-order chi connectivity index (χ1) is 12.3. The lowest BCUT2D eigenvalue weighted by molar-refractivity contribution is 0.100. The molecule has 0 radical (unpaired) electrons. The molecular weight excluding hydrogens is 334 g/mol. The van der Waals surface area contributed by atoms with Crippen molar-refractivity contribution in [3.63, 3.8) is 0 Å². The average molecular weight is 345 g/mol. The second kappa shape index (κ2) is 5.46. The zero-order valence-electron chi connectivity index (χ0n) is 13.0. The van der Waals surface area contributed by atoms with Crippen LogP contribution in [0.1, 0.15) is 9.67 Å². The van der Waals surface area contributed by atoms with Gasteiger partial charge in [-0.1, -0.05) is 30.3 Å². The lowest BCUT2D eigenvalue weighted by Gasteiger charge is -2.07. The highest BCUT2D eigenvalue weighted by Gasteiger charge is 2.26.